The van der Waals surface area contributed by atoms with Crippen LogP contribution >= 0.6 is 11.3 Å². The Balaban J connectivity index is 1.97. The predicted molar refractivity (Wildman–Crippen MR) is 131 cm³/mol. The van der Waals surface area contributed by atoms with Gasteiger partial charge in [0.25, 0.3) is 5.56 Å². The van der Waals surface area contributed by atoms with E-state index in [4.69, 9.17) is 14.2 Å². The van der Waals surface area contributed by atoms with Crippen molar-refractivity contribution in [3.05, 3.63) is 90.6 Å². The number of hydrogen-bond acceptors (Lipinski definition) is 7. The van der Waals surface area contributed by atoms with Crippen LogP contribution in [0, 0.1) is 0 Å². The Morgan fingerprint density at radius 2 is 1.88 bits per heavy atom. The number of carbonyl (C=O) groups is 1. The van der Waals surface area contributed by atoms with E-state index in [1.165, 1.54) is 11.3 Å². The summed E-state index contributed by atoms with van der Waals surface area (Å²) in [4.78, 5) is 31.8. The molecule has 1 unspecified atom stereocenters. The number of allylic oxidation sites excluding steroid dienone is 1. The van der Waals surface area contributed by atoms with Gasteiger partial charge in [-0.2, -0.15) is 0 Å². The summed E-state index contributed by atoms with van der Waals surface area (Å²) in [5.74, 6) is 0.604. The van der Waals surface area contributed by atoms with Crippen LogP contribution in [0.1, 0.15) is 37.9 Å². The largest absolute Gasteiger partial charge is 0.493 e. The summed E-state index contributed by atoms with van der Waals surface area (Å²) in [5.41, 5.74) is 2.24. The maximum atomic E-state index is 13.6. The first-order valence-corrected chi connectivity index (χ1v) is 11.9. The maximum Gasteiger partial charge on any atom is 0.338 e. The molecule has 0 bridgehead atoms. The highest BCUT2D eigenvalue weighted by atomic mass is 32.1. The molecule has 0 saturated heterocycles. The predicted octanol–water partition coefficient (Wildman–Crippen LogP) is 3.21. The number of ether oxygens (including phenoxy) is 3. The Morgan fingerprint density at radius 1 is 1.12 bits per heavy atom. The average Bonchev–Trinajstić information content (AvgIpc) is 3.13. The molecule has 1 atom stereocenters. The van der Waals surface area contributed by atoms with Crippen molar-refractivity contribution in [2.24, 2.45) is 4.99 Å². The van der Waals surface area contributed by atoms with Crippen molar-refractivity contribution in [3.8, 4) is 11.5 Å². The summed E-state index contributed by atoms with van der Waals surface area (Å²) in [6, 6.07) is 14.3. The zero-order valence-electron chi connectivity index (χ0n) is 19.5. The Labute approximate surface area is 201 Å². The van der Waals surface area contributed by atoms with E-state index in [1.54, 1.807) is 37.7 Å². The van der Waals surface area contributed by atoms with Crippen molar-refractivity contribution < 1.29 is 19.0 Å². The van der Waals surface area contributed by atoms with E-state index in [0.29, 0.717) is 44.3 Å². The number of esters is 1. The molecule has 1 aliphatic heterocycles. The van der Waals surface area contributed by atoms with Gasteiger partial charge >= 0.3 is 5.97 Å². The summed E-state index contributed by atoms with van der Waals surface area (Å²) >= 11 is 1.29. The number of fused-ring (bicyclic) bond motifs is 1. The van der Waals surface area contributed by atoms with Gasteiger partial charge in [0.15, 0.2) is 16.3 Å². The third-order valence-electron chi connectivity index (χ3n) is 5.42. The smallest absolute Gasteiger partial charge is 0.338 e. The minimum absolute atomic E-state index is 0.216. The number of carbonyl (C=O) groups excluding carboxylic acids is 1. The van der Waals surface area contributed by atoms with Gasteiger partial charge < -0.3 is 14.2 Å². The van der Waals surface area contributed by atoms with Crippen LogP contribution in [0.2, 0.25) is 0 Å². The lowest BCUT2D eigenvalue weighted by Gasteiger charge is -2.25. The number of aromatic nitrogens is 1. The zero-order valence-corrected chi connectivity index (χ0v) is 20.3. The molecule has 176 valence electrons. The zero-order chi connectivity index (χ0) is 24.2. The molecule has 0 aliphatic carbocycles. The van der Waals surface area contributed by atoms with E-state index in [-0.39, 0.29) is 12.2 Å². The molecule has 8 heteroatoms. The van der Waals surface area contributed by atoms with E-state index < -0.39 is 12.0 Å². The SMILES string of the molecule is CCOC(=O)C1=C(C)N=c2s/c(=C/c3ccccc3)c(=O)n2C1c1ccc(OC)c(OCC)c1. The molecule has 4 rings (SSSR count). The molecule has 7 nitrogen and oxygen atoms in total. The summed E-state index contributed by atoms with van der Waals surface area (Å²) < 4.78 is 18.6. The topological polar surface area (TPSA) is 79.1 Å². The second-order valence-electron chi connectivity index (χ2n) is 7.56. The van der Waals surface area contributed by atoms with Crippen molar-refractivity contribution in [1.29, 1.82) is 0 Å². The fraction of sp³-hybridized carbons (Fsp3) is 0.269. The Kier molecular flexibility index (Phi) is 6.98. The number of hydrogen-bond donors (Lipinski definition) is 0. The molecule has 0 saturated carbocycles. The van der Waals surface area contributed by atoms with Crippen molar-refractivity contribution in [3.63, 3.8) is 0 Å². The lowest BCUT2D eigenvalue weighted by Crippen LogP contribution is -2.40. The van der Waals surface area contributed by atoms with Crippen molar-refractivity contribution in [1.82, 2.24) is 4.57 Å². The monoisotopic (exact) mass is 478 g/mol. The van der Waals surface area contributed by atoms with Crippen LogP contribution in [0.25, 0.3) is 6.08 Å². The summed E-state index contributed by atoms with van der Waals surface area (Å²) in [6.07, 6.45) is 1.84. The molecule has 0 radical (unpaired) electrons. The van der Waals surface area contributed by atoms with E-state index in [2.05, 4.69) is 4.99 Å². The van der Waals surface area contributed by atoms with Gasteiger partial charge in [0.1, 0.15) is 0 Å². The fourth-order valence-corrected chi connectivity index (χ4v) is 4.99. The molecule has 0 spiro atoms. The number of thiazole rings is 1. The quantitative estimate of drug-likeness (QED) is 0.488. The lowest BCUT2D eigenvalue weighted by molar-refractivity contribution is -0.139. The summed E-state index contributed by atoms with van der Waals surface area (Å²) in [5, 5.41) is 0. The number of benzene rings is 2. The first kappa shape index (κ1) is 23.5. The van der Waals surface area contributed by atoms with Crippen LogP contribution in [-0.4, -0.2) is 30.9 Å². The molecule has 0 N–H and O–H groups in total. The van der Waals surface area contributed by atoms with E-state index >= 15 is 0 Å². The van der Waals surface area contributed by atoms with Gasteiger partial charge in [-0.15, -0.1) is 0 Å². The van der Waals surface area contributed by atoms with Crippen molar-refractivity contribution in [2.75, 3.05) is 20.3 Å². The van der Waals surface area contributed by atoms with Crippen molar-refractivity contribution >= 4 is 23.4 Å². The average molecular weight is 479 g/mol. The highest BCUT2D eigenvalue weighted by molar-refractivity contribution is 7.07. The van der Waals surface area contributed by atoms with Crippen molar-refractivity contribution in [2.45, 2.75) is 26.8 Å². The Bertz CT molecular complexity index is 1420. The fourth-order valence-electron chi connectivity index (χ4n) is 3.94. The number of rotatable bonds is 7. The molecule has 0 amide bonds. The highest BCUT2D eigenvalue weighted by Gasteiger charge is 2.33. The van der Waals surface area contributed by atoms with Gasteiger partial charge in [0.2, 0.25) is 0 Å². The second-order valence-corrected chi connectivity index (χ2v) is 8.57. The summed E-state index contributed by atoms with van der Waals surface area (Å²) in [6.45, 7) is 6.05. The second kappa shape index (κ2) is 10.1. The maximum absolute atomic E-state index is 13.6. The van der Waals surface area contributed by atoms with Crippen LogP contribution in [0.15, 0.2) is 69.6 Å². The van der Waals surface area contributed by atoms with Crippen LogP contribution < -0.4 is 24.4 Å². The molecule has 1 aliphatic rings. The molecular formula is C26H26N2O5S. The normalized spacial score (nSPS) is 15.5. The Hall–Kier alpha value is -3.65. The Morgan fingerprint density at radius 3 is 2.56 bits per heavy atom. The standard InChI is InChI=1S/C26H26N2O5S/c1-5-32-20-15-18(12-13-19(20)31-4)23-22(25(30)33-6-2)16(3)27-26-28(23)24(29)21(34-26)14-17-10-8-7-9-11-17/h7-15,23H,5-6H2,1-4H3/b21-14+. The van der Waals surface area contributed by atoms with Gasteiger partial charge in [-0.3, -0.25) is 9.36 Å². The molecule has 2 heterocycles. The van der Waals surface area contributed by atoms with Gasteiger partial charge in [-0.1, -0.05) is 47.7 Å². The first-order chi connectivity index (χ1) is 16.5. The molecule has 34 heavy (non-hydrogen) atoms. The van der Waals surface area contributed by atoms with E-state index in [1.807, 2.05) is 49.4 Å². The lowest BCUT2D eigenvalue weighted by atomic mass is 9.95. The molecular weight excluding hydrogens is 452 g/mol. The minimum atomic E-state index is -0.710. The molecule has 1 aromatic heterocycles. The van der Waals surface area contributed by atoms with Gasteiger partial charge in [-0.25, -0.2) is 9.79 Å². The van der Waals surface area contributed by atoms with Crippen LogP contribution in [0.4, 0.5) is 0 Å². The van der Waals surface area contributed by atoms with Crippen LogP contribution in [0.5, 0.6) is 11.5 Å². The number of nitrogens with zero attached hydrogens (tertiary/aromatic N) is 2. The first-order valence-electron chi connectivity index (χ1n) is 11.0. The van der Waals surface area contributed by atoms with Gasteiger partial charge in [0.05, 0.1) is 42.2 Å². The third kappa shape index (κ3) is 4.41. The number of methoxy groups -OCH3 is 1. The third-order valence-corrected chi connectivity index (χ3v) is 6.40. The minimum Gasteiger partial charge on any atom is -0.493 e. The summed E-state index contributed by atoms with van der Waals surface area (Å²) in [7, 11) is 1.57. The highest BCUT2D eigenvalue weighted by Crippen LogP contribution is 2.36. The van der Waals surface area contributed by atoms with Gasteiger partial charge in [-0.05, 0) is 50.1 Å². The van der Waals surface area contributed by atoms with Crippen LogP contribution in [0.3, 0.4) is 0 Å². The van der Waals surface area contributed by atoms with Gasteiger partial charge in [0, 0.05) is 0 Å². The van der Waals surface area contributed by atoms with E-state index in [0.717, 1.165) is 5.56 Å². The van der Waals surface area contributed by atoms with E-state index in [9.17, 15) is 9.59 Å². The van der Waals surface area contributed by atoms with Crippen LogP contribution in [-0.2, 0) is 9.53 Å². The molecule has 3 aromatic rings. The molecule has 0 fully saturated rings. The molecule has 2 aromatic carbocycles.